The van der Waals surface area contributed by atoms with E-state index in [1.165, 1.54) is 0 Å². The number of tetrazole rings is 1. The molecule has 2 aromatic rings. The van der Waals surface area contributed by atoms with Gasteiger partial charge in [-0.25, -0.2) is 17.5 Å². The third-order valence-corrected chi connectivity index (χ3v) is 4.22. The summed E-state index contributed by atoms with van der Waals surface area (Å²) in [7, 11) is -3.90. The zero-order valence-corrected chi connectivity index (χ0v) is 11.7. The lowest BCUT2D eigenvalue weighted by Crippen LogP contribution is -2.25. The molecule has 0 saturated carbocycles. The molecule has 11 heteroatoms. The van der Waals surface area contributed by atoms with Gasteiger partial charge in [-0.15, -0.1) is 10.2 Å². The maximum Gasteiger partial charge on any atom is 0.243 e. The number of nitrogen functional groups attached to an aromatic ring is 1. The summed E-state index contributed by atoms with van der Waals surface area (Å²) in [6.45, 7) is -0.159. The quantitative estimate of drug-likeness (QED) is 0.674. The van der Waals surface area contributed by atoms with Crippen molar-refractivity contribution >= 4 is 31.6 Å². The van der Waals surface area contributed by atoms with Crippen molar-refractivity contribution in [2.75, 3.05) is 5.73 Å². The largest absolute Gasteiger partial charge is 0.398 e. The number of rotatable bonds is 4. The molecule has 1 heterocycles. The number of hydrogen-bond acceptors (Lipinski definition) is 6. The van der Waals surface area contributed by atoms with Gasteiger partial charge in [0.1, 0.15) is 10.7 Å². The van der Waals surface area contributed by atoms with Crippen molar-refractivity contribution in [3.63, 3.8) is 0 Å². The van der Waals surface area contributed by atoms with E-state index in [1.54, 1.807) is 0 Å². The average molecular weight is 351 g/mol. The first-order chi connectivity index (χ1) is 8.90. The Balaban J connectivity index is 2.27. The summed E-state index contributed by atoms with van der Waals surface area (Å²) >= 11 is 2.90. The molecule has 0 atom stereocenters. The Morgan fingerprint density at radius 1 is 1.47 bits per heavy atom. The number of hydrogen-bond donors (Lipinski definition) is 3. The standard InChI is InChI=1S/C8H8BrFN6O2S/c9-4-1-7(6(11)2-5(4)10)19(17,18)12-3-8-13-15-16-14-8/h1-2,12H,3,11H2,(H,13,14,15,16). The number of aromatic nitrogens is 4. The highest BCUT2D eigenvalue weighted by Gasteiger charge is 2.20. The number of nitrogens with zero attached hydrogens (tertiary/aromatic N) is 3. The summed E-state index contributed by atoms with van der Waals surface area (Å²) in [5, 5.41) is 12.7. The van der Waals surface area contributed by atoms with Crippen LogP contribution in [0.2, 0.25) is 0 Å². The van der Waals surface area contributed by atoms with E-state index in [4.69, 9.17) is 5.73 Å². The number of H-pyrrole nitrogens is 1. The van der Waals surface area contributed by atoms with Crippen LogP contribution in [0.15, 0.2) is 21.5 Å². The molecule has 0 aliphatic carbocycles. The topological polar surface area (TPSA) is 127 Å². The molecule has 0 spiro atoms. The fraction of sp³-hybridized carbons (Fsp3) is 0.125. The Hall–Kier alpha value is -1.59. The lowest BCUT2D eigenvalue weighted by atomic mass is 10.3. The maximum atomic E-state index is 13.2. The fourth-order valence-corrected chi connectivity index (χ4v) is 2.88. The minimum atomic E-state index is -3.90. The minimum Gasteiger partial charge on any atom is -0.398 e. The van der Waals surface area contributed by atoms with Crippen LogP contribution in [0.3, 0.4) is 0 Å². The van der Waals surface area contributed by atoms with Gasteiger partial charge < -0.3 is 5.73 Å². The molecule has 0 amide bonds. The number of halogens is 2. The third-order valence-electron chi connectivity index (χ3n) is 2.15. The zero-order valence-electron chi connectivity index (χ0n) is 9.26. The summed E-state index contributed by atoms with van der Waals surface area (Å²) in [6.07, 6.45) is 0. The lowest BCUT2D eigenvalue weighted by Gasteiger charge is -2.08. The monoisotopic (exact) mass is 350 g/mol. The van der Waals surface area contributed by atoms with Crippen LogP contribution in [0.5, 0.6) is 0 Å². The van der Waals surface area contributed by atoms with Crippen LogP contribution < -0.4 is 10.5 Å². The lowest BCUT2D eigenvalue weighted by molar-refractivity contribution is 0.578. The van der Waals surface area contributed by atoms with Gasteiger partial charge in [-0.05, 0) is 28.1 Å². The molecular formula is C8H8BrFN6O2S. The number of aromatic amines is 1. The van der Waals surface area contributed by atoms with E-state index in [0.717, 1.165) is 12.1 Å². The second kappa shape index (κ2) is 5.19. The molecule has 0 aliphatic heterocycles. The second-order valence-corrected chi connectivity index (χ2v) is 6.05. The Morgan fingerprint density at radius 2 is 2.21 bits per heavy atom. The van der Waals surface area contributed by atoms with Crippen LogP contribution in [0, 0.1) is 5.82 Å². The molecule has 2 rings (SSSR count). The number of nitrogens with two attached hydrogens (primary N) is 1. The minimum absolute atomic E-state index is 0.00151. The number of sulfonamides is 1. The zero-order chi connectivity index (χ0) is 14.0. The van der Waals surface area contributed by atoms with Gasteiger partial charge in [-0.1, -0.05) is 5.21 Å². The van der Waals surface area contributed by atoms with Crippen molar-refractivity contribution in [3.05, 3.63) is 28.2 Å². The van der Waals surface area contributed by atoms with Crippen molar-refractivity contribution in [2.24, 2.45) is 0 Å². The van der Waals surface area contributed by atoms with E-state index in [-0.39, 0.29) is 27.4 Å². The molecule has 1 aromatic carbocycles. The van der Waals surface area contributed by atoms with Crippen LogP contribution in [0.25, 0.3) is 0 Å². The smallest absolute Gasteiger partial charge is 0.243 e. The third kappa shape index (κ3) is 3.05. The van der Waals surface area contributed by atoms with Gasteiger partial charge in [0.25, 0.3) is 0 Å². The summed E-state index contributed by atoms with van der Waals surface area (Å²) < 4.78 is 39.4. The van der Waals surface area contributed by atoms with Gasteiger partial charge >= 0.3 is 0 Å². The van der Waals surface area contributed by atoms with E-state index in [2.05, 4.69) is 41.3 Å². The molecule has 0 radical (unpaired) electrons. The fourth-order valence-electron chi connectivity index (χ4n) is 1.27. The van der Waals surface area contributed by atoms with Gasteiger partial charge in [-0.2, -0.15) is 5.21 Å². The number of nitrogens with one attached hydrogen (secondary N) is 2. The number of anilines is 1. The first kappa shape index (κ1) is 13.8. The molecule has 0 aliphatic rings. The molecule has 0 saturated heterocycles. The molecule has 1 aromatic heterocycles. The molecule has 0 fully saturated rings. The van der Waals surface area contributed by atoms with Crippen molar-refractivity contribution in [2.45, 2.75) is 11.4 Å². The normalized spacial score (nSPS) is 11.7. The molecule has 102 valence electrons. The van der Waals surface area contributed by atoms with E-state index in [0.29, 0.717) is 0 Å². The van der Waals surface area contributed by atoms with Gasteiger partial charge in [0.2, 0.25) is 10.0 Å². The van der Waals surface area contributed by atoms with E-state index < -0.39 is 15.8 Å². The SMILES string of the molecule is Nc1cc(F)c(Br)cc1S(=O)(=O)NCc1nn[nH]n1. The Kier molecular flexibility index (Phi) is 3.78. The Bertz CT molecular complexity index is 690. The summed E-state index contributed by atoms with van der Waals surface area (Å²) in [5.74, 6) is -0.474. The molecular weight excluding hydrogens is 343 g/mol. The molecule has 4 N–H and O–H groups in total. The van der Waals surface area contributed by atoms with Crippen molar-refractivity contribution < 1.29 is 12.8 Å². The second-order valence-electron chi connectivity index (χ2n) is 3.46. The highest BCUT2D eigenvalue weighted by atomic mass is 79.9. The molecule has 8 nitrogen and oxygen atoms in total. The summed E-state index contributed by atoms with van der Waals surface area (Å²) in [4.78, 5) is -0.232. The number of benzene rings is 1. The van der Waals surface area contributed by atoms with Gasteiger partial charge in [0, 0.05) is 0 Å². The maximum absolute atomic E-state index is 13.2. The van der Waals surface area contributed by atoms with E-state index in [9.17, 15) is 12.8 Å². The van der Waals surface area contributed by atoms with Gasteiger partial charge in [0.15, 0.2) is 5.82 Å². The van der Waals surface area contributed by atoms with Crippen molar-refractivity contribution in [1.29, 1.82) is 0 Å². The highest BCUT2D eigenvalue weighted by molar-refractivity contribution is 9.10. The van der Waals surface area contributed by atoms with Crippen LogP contribution in [0.4, 0.5) is 10.1 Å². The van der Waals surface area contributed by atoms with Crippen LogP contribution in [-0.2, 0) is 16.6 Å². The van der Waals surface area contributed by atoms with Crippen LogP contribution >= 0.6 is 15.9 Å². The Labute approximate surface area is 115 Å². The van der Waals surface area contributed by atoms with Crippen LogP contribution in [-0.4, -0.2) is 29.0 Å². The predicted octanol–water partition coefficient (Wildman–Crippen LogP) is 0.162. The first-order valence-corrected chi connectivity index (χ1v) is 7.14. The first-order valence-electron chi connectivity index (χ1n) is 4.86. The molecule has 19 heavy (non-hydrogen) atoms. The summed E-state index contributed by atoms with van der Waals surface area (Å²) in [5.41, 5.74) is 5.30. The van der Waals surface area contributed by atoms with Crippen molar-refractivity contribution in [3.8, 4) is 0 Å². The highest BCUT2D eigenvalue weighted by Crippen LogP contribution is 2.25. The summed E-state index contributed by atoms with van der Waals surface area (Å²) in [6, 6.07) is 2.01. The van der Waals surface area contributed by atoms with Gasteiger partial charge in [-0.3, -0.25) is 0 Å². The molecule has 0 unspecified atom stereocenters. The molecule has 0 bridgehead atoms. The van der Waals surface area contributed by atoms with E-state index >= 15 is 0 Å². The van der Waals surface area contributed by atoms with Gasteiger partial charge in [0.05, 0.1) is 16.7 Å². The van der Waals surface area contributed by atoms with Crippen LogP contribution in [0.1, 0.15) is 5.82 Å². The van der Waals surface area contributed by atoms with Crippen molar-refractivity contribution in [1.82, 2.24) is 25.3 Å². The average Bonchev–Trinajstić information content (AvgIpc) is 2.84. The Morgan fingerprint density at radius 3 is 2.84 bits per heavy atom. The van der Waals surface area contributed by atoms with E-state index in [1.807, 2.05) is 0 Å². The predicted molar refractivity (Wildman–Crippen MR) is 66.7 cm³/mol.